The van der Waals surface area contributed by atoms with Gasteiger partial charge in [0.25, 0.3) is 5.91 Å². The summed E-state index contributed by atoms with van der Waals surface area (Å²) in [5.74, 6) is -0.435. The fourth-order valence-electron chi connectivity index (χ4n) is 1.16. The van der Waals surface area contributed by atoms with E-state index in [4.69, 9.17) is 0 Å². The number of amides is 2. The Kier molecular flexibility index (Phi) is 4.48. The Bertz CT molecular complexity index is 452. The molecule has 1 heterocycles. The molecule has 0 aliphatic carbocycles. The molecule has 1 unspecified atom stereocenters. The summed E-state index contributed by atoms with van der Waals surface area (Å²) in [6, 6.07) is 3.32. The Morgan fingerprint density at radius 1 is 1.39 bits per heavy atom. The molecule has 0 aliphatic heterocycles. The molecule has 1 aromatic heterocycles. The van der Waals surface area contributed by atoms with E-state index in [1.807, 2.05) is 0 Å². The molecule has 6 heteroatoms. The van der Waals surface area contributed by atoms with Gasteiger partial charge in [0.05, 0.1) is 21.5 Å². The summed E-state index contributed by atoms with van der Waals surface area (Å²) >= 11 is 1.20. The number of aliphatic hydroxyl groups is 1. The monoisotopic (exact) mass is 270 g/mol. The number of hydrogen-bond donors (Lipinski definition) is 3. The van der Waals surface area contributed by atoms with E-state index in [0.717, 1.165) is 0 Å². The van der Waals surface area contributed by atoms with Crippen molar-refractivity contribution < 1.29 is 14.7 Å². The van der Waals surface area contributed by atoms with Crippen LogP contribution in [0, 0.1) is 0 Å². The lowest BCUT2D eigenvalue weighted by Gasteiger charge is -2.29. The summed E-state index contributed by atoms with van der Waals surface area (Å²) in [5, 5.41) is 15.5. The molecule has 5 nitrogen and oxygen atoms in total. The molecule has 0 radical (unpaired) electrons. The van der Waals surface area contributed by atoms with Crippen molar-refractivity contribution in [3.63, 3.8) is 0 Å². The van der Waals surface area contributed by atoms with Crippen molar-refractivity contribution >= 4 is 28.2 Å². The summed E-state index contributed by atoms with van der Waals surface area (Å²) in [6.45, 7) is 6.53. The van der Waals surface area contributed by atoms with Crippen LogP contribution < -0.4 is 10.6 Å². The molecule has 0 spiro atoms. The Morgan fingerprint density at radius 3 is 2.50 bits per heavy atom. The zero-order valence-electron chi connectivity index (χ0n) is 10.9. The molecule has 2 amide bonds. The van der Waals surface area contributed by atoms with Crippen molar-refractivity contribution in [3.8, 4) is 0 Å². The maximum Gasteiger partial charge on any atom is 0.261 e. The van der Waals surface area contributed by atoms with Gasteiger partial charge in [0.1, 0.15) is 0 Å². The van der Waals surface area contributed by atoms with E-state index < -0.39 is 11.6 Å². The van der Waals surface area contributed by atoms with Crippen LogP contribution in [0.5, 0.6) is 0 Å². The number of aliphatic hydroxyl groups excluding tert-OH is 1. The fraction of sp³-hybridized carbons (Fsp3) is 0.500. The fourth-order valence-corrected chi connectivity index (χ4v) is 2.01. The first-order valence-corrected chi connectivity index (χ1v) is 6.42. The molecule has 0 aliphatic rings. The molecular formula is C12H18N2O3S. The second-order valence-corrected chi connectivity index (χ2v) is 5.78. The molecule has 0 fully saturated rings. The van der Waals surface area contributed by atoms with Crippen LogP contribution in [0.3, 0.4) is 0 Å². The van der Waals surface area contributed by atoms with Crippen LogP contribution in [0.2, 0.25) is 0 Å². The summed E-state index contributed by atoms with van der Waals surface area (Å²) in [4.78, 5) is 23.3. The first kappa shape index (κ1) is 14.7. The third kappa shape index (κ3) is 3.82. The smallest absolute Gasteiger partial charge is 0.261 e. The van der Waals surface area contributed by atoms with Gasteiger partial charge in [0, 0.05) is 6.92 Å². The van der Waals surface area contributed by atoms with E-state index in [1.54, 1.807) is 32.9 Å². The number of anilines is 1. The van der Waals surface area contributed by atoms with Gasteiger partial charge in [-0.15, -0.1) is 11.3 Å². The standard InChI is InChI=1S/C12H18N2O3S/c1-7(15)12(3,4)14-11(17)9-5-6-10(18-9)13-8(2)16/h5-7,15H,1-4H3,(H,13,16)(H,14,17). The van der Waals surface area contributed by atoms with Crippen molar-refractivity contribution in [1.82, 2.24) is 5.32 Å². The second-order valence-electron chi connectivity index (χ2n) is 4.70. The zero-order valence-corrected chi connectivity index (χ0v) is 11.7. The minimum atomic E-state index is -0.699. The normalized spacial score (nSPS) is 12.9. The van der Waals surface area contributed by atoms with Crippen molar-refractivity contribution in [2.75, 3.05) is 5.32 Å². The minimum absolute atomic E-state index is 0.173. The minimum Gasteiger partial charge on any atom is -0.391 e. The molecule has 1 rings (SSSR count). The van der Waals surface area contributed by atoms with Gasteiger partial charge in [0.2, 0.25) is 5.91 Å². The summed E-state index contributed by atoms with van der Waals surface area (Å²) in [6.07, 6.45) is -0.656. The summed E-state index contributed by atoms with van der Waals surface area (Å²) < 4.78 is 0. The molecule has 18 heavy (non-hydrogen) atoms. The van der Waals surface area contributed by atoms with Gasteiger partial charge in [-0.05, 0) is 32.9 Å². The predicted octanol–water partition coefficient (Wildman–Crippen LogP) is 1.60. The van der Waals surface area contributed by atoms with Gasteiger partial charge >= 0.3 is 0 Å². The van der Waals surface area contributed by atoms with Crippen molar-refractivity contribution in [2.24, 2.45) is 0 Å². The molecule has 100 valence electrons. The quantitative estimate of drug-likeness (QED) is 0.777. The highest BCUT2D eigenvalue weighted by Crippen LogP contribution is 2.22. The average Bonchev–Trinajstić information content (AvgIpc) is 2.64. The summed E-state index contributed by atoms with van der Waals surface area (Å²) in [5.41, 5.74) is -0.699. The lowest BCUT2D eigenvalue weighted by Crippen LogP contribution is -2.50. The number of carbonyl (C=O) groups excluding carboxylic acids is 2. The van der Waals surface area contributed by atoms with Crippen LogP contribution in [-0.4, -0.2) is 28.6 Å². The van der Waals surface area contributed by atoms with Crippen molar-refractivity contribution in [2.45, 2.75) is 39.3 Å². The number of rotatable bonds is 4. The largest absolute Gasteiger partial charge is 0.391 e. The van der Waals surface area contributed by atoms with Crippen molar-refractivity contribution in [3.05, 3.63) is 17.0 Å². The molecule has 3 N–H and O–H groups in total. The second kappa shape index (κ2) is 5.49. The lowest BCUT2D eigenvalue weighted by atomic mass is 9.99. The lowest BCUT2D eigenvalue weighted by molar-refractivity contribution is -0.114. The Balaban J connectivity index is 2.73. The van der Waals surface area contributed by atoms with Crippen molar-refractivity contribution in [1.29, 1.82) is 0 Å². The molecule has 0 saturated heterocycles. The zero-order chi connectivity index (χ0) is 13.9. The van der Waals surface area contributed by atoms with Crippen LogP contribution in [0.15, 0.2) is 12.1 Å². The highest BCUT2D eigenvalue weighted by atomic mass is 32.1. The Labute approximate surface area is 110 Å². The van der Waals surface area contributed by atoms with Gasteiger partial charge in [-0.2, -0.15) is 0 Å². The molecule has 0 bridgehead atoms. The SMILES string of the molecule is CC(=O)Nc1ccc(C(=O)NC(C)(C)C(C)O)s1. The van der Waals surface area contributed by atoms with E-state index in [1.165, 1.54) is 18.3 Å². The highest BCUT2D eigenvalue weighted by molar-refractivity contribution is 7.18. The van der Waals surface area contributed by atoms with E-state index in [2.05, 4.69) is 10.6 Å². The molecular weight excluding hydrogens is 252 g/mol. The Hall–Kier alpha value is -1.40. The molecule has 1 aromatic rings. The topological polar surface area (TPSA) is 78.4 Å². The van der Waals surface area contributed by atoms with Gasteiger partial charge in [-0.1, -0.05) is 0 Å². The first-order valence-electron chi connectivity index (χ1n) is 5.60. The third-order valence-electron chi connectivity index (χ3n) is 2.61. The van der Waals surface area contributed by atoms with Crippen LogP contribution in [-0.2, 0) is 4.79 Å². The number of nitrogens with one attached hydrogen (secondary N) is 2. The van der Waals surface area contributed by atoms with Crippen LogP contribution >= 0.6 is 11.3 Å². The van der Waals surface area contributed by atoms with E-state index in [0.29, 0.717) is 9.88 Å². The summed E-state index contributed by atoms with van der Waals surface area (Å²) in [7, 11) is 0. The third-order valence-corrected chi connectivity index (χ3v) is 3.61. The van der Waals surface area contributed by atoms with Crippen LogP contribution in [0.25, 0.3) is 0 Å². The molecule has 1 atom stereocenters. The Morgan fingerprint density at radius 2 is 2.00 bits per heavy atom. The average molecular weight is 270 g/mol. The van der Waals surface area contributed by atoms with E-state index >= 15 is 0 Å². The predicted molar refractivity (Wildman–Crippen MR) is 71.8 cm³/mol. The first-order chi connectivity index (χ1) is 8.22. The van der Waals surface area contributed by atoms with Gasteiger partial charge in [-0.25, -0.2) is 0 Å². The maximum atomic E-state index is 11.9. The van der Waals surface area contributed by atoms with Crippen LogP contribution in [0.4, 0.5) is 5.00 Å². The molecule has 0 aromatic carbocycles. The highest BCUT2D eigenvalue weighted by Gasteiger charge is 2.27. The maximum absolute atomic E-state index is 11.9. The van der Waals surface area contributed by atoms with E-state index in [-0.39, 0.29) is 11.8 Å². The van der Waals surface area contributed by atoms with Crippen LogP contribution in [0.1, 0.15) is 37.4 Å². The van der Waals surface area contributed by atoms with Gasteiger partial charge in [-0.3, -0.25) is 9.59 Å². The molecule has 0 saturated carbocycles. The van der Waals surface area contributed by atoms with E-state index in [9.17, 15) is 14.7 Å². The van der Waals surface area contributed by atoms with Gasteiger partial charge < -0.3 is 15.7 Å². The van der Waals surface area contributed by atoms with Gasteiger partial charge in [0.15, 0.2) is 0 Å². The number of carbonyl (C=O) groups is 2. The number of hydrogen-bond acceptors (Lipinski definition) is 4. The number of thiophene rings is 1.